The summed E-state index contributed by atoms with van der Waals surface area (Å²) in [4.78, 5) is 15.6. The first-order chi connectivity index (χ1) is 8.75. The van der Waals surface area contributed by atoms with Crippen LogP contribution >= 0.6 is 0 Å². The summed E-state index contributed by atoms with van der Waals surface area (Å²) in [5, 5.41) is 14.7. The van der Waals surface area contributed by atoms with Gasteiger partial charge in [0.1, 0.15) is 5.56 Å². The average molecular weight is 242 g/mol. The fourth-order valence-electron chi connectivity index (χ4n) is 1.26. The zero-order valence-electron chi connectivity index (χ0n) is 9.35. The largest absolute Gasteiger partial charge is 0.619 e. The van der Waals surface area contributed by atoms with Crippen LogP contribution in [0.15, 0.2) is 54.0 Å². The third-order valence-corrected chi connectivity index (χ3v) is 2.09. The van der Waals surface area contributed by atoms with E-state index in [4.69, 9.17) is 0 Å². The van der Waals surface area contributed by atoms with Crippen LogP contribution in [0, 0.1) is 5.21 Å². The Morgan fingerprint density at radius 1 is 1.39 bits per heavy atom. The Morgan fingerprint density at radius 2 is 2.28 bits per heavy atom. The van der Waals surface area contributed by atoms with Crippen molar-refractivity contribution >= 4 is 12.1 Å². The highest BCUT2D eigenvalue weighted by Gasteiger charge is 2.06. The van der Waals surface area contributed by atoms with Crippen molar-refractivity contribution in [2.75, 3.05) is 0 Å². The molecule has 0 fully saturated rings. The molecule has 0 bridgehead atoms. The summed E-state index contributed by atoms with van der Waals surface area (Å²) < 4.78 is 0.553. The Balaban J connectivity index is 1.99. The number of hydrazone groups is 1. The fraction of sp³-hybridized carbons (Fsp3) is 0. The molecule has 0 saturated carbocycles. The molecule has 2 heterocycles. The Hall–Kier alpha value is -2.76. The van der Waals surface area contributed by atoms with E-state index in [0.717, 1.165) is 0 Å². The summed E-state index contributed by atoms with van der Waals surface area (Å²) in [6.45, 7) is 0. The van der Waals surface area contributed by atoms with E-state index in [1.807, 2.05) is 6.07 Å². The van der Waals surface area contributed by atoms with E-state index in [1.165, 1.54) is 30.7 Å². The summed E-state index contributed by atoms with van der Waals surface area (Å²) in [6, 6.07) is 8.37. The zero-order chi connectivity index (χ0) is 12.8. The number of hydrogen-bond acceptors (Lipinski definition) is 4. The van der Waals surface area contributed by atoms with E-state index in [1.54, 1.807) is 18.3 Å². The van der Waals surface area contributed by atoms with Gasteiger partial charge in [0.25, 0.3) is 5.91 Å². The normalized spacial score (nSPS) is 10.4. The lowest BCUT2D eigenvalue weighted by Gasteiger charge is -1.99. The Labute approximate surface area is 103 Å². The molecule has 6 heteroatoms. The minimum atomic E-state index is -0.451. The maximum atomic E-state index is 11.6. The number of nitrogens with one attached hydrogen (secondary N) is 1. The molecule has 0 aromatic carbocycles. The standard InChI is InChI=1S/C12H10N4O2/c17-12(10-4-3-7-16(18)9-10)15-14-8-11-5-1-2-6-13-11/h1-9H,(H,15,17)/b14-8+. The number of carbonyl (C=O) groups excluding carboxylic acids is 1. The van der Waals surface area contributed by atoms with Crippen molar-refractivity contribution in [1.29, 1.82) is 0 Å². The number of carbonyl (C=O) groups is 1. The molecule has 6 nitrogen and oxygen atoms in total. The quantitative estimate of drug-likeness (QED) is 0.368. The molecule has 0 spiro atoms. The number of nitrogens with zero attached hydrogens (tertiary/aromatic N) is 3. The molecule has 0 unspecified atom stereocenters. The number of hydrogen-bond donors (Lipinski definition) is 1. The molecule has 90 valence electrons. The number of rotatable bonds is 3. The van der Waals surface area contributed by atoms with Crippen molar-refractivity contribution in [1.82, 2.24) is 10.4 Å². The number of pyridine rings is 2. The van der Waals surface area contributed by atoms with Crippen molar-refractivity contribution in [2.24, 2.45) is 5.10 Å². The van der Waals surface area contributed by atoms with Gasteiger partial charge in [-0.05, 0) is 18.2 Å². The van der Waals surface area contributed by atoms with Gasteiger partial charge in [-0.1, -0.05) is 6.07 Å². The lowest BCUT2D eigenvalue weighted by molar-refractivity contribution is -0.605. The van der Waals surface area contributed by atoms with Gasteiger partial charge in [0.2, 0.25) is 0 Å². The van der Waals surface area contributed by atoms with E-state index in [0.29, 0.717) is 10.4 Å². The molecule has 2 rings (SSSR count). The zero-order valence-corrected chi connectivity index (χ0v) is 9.35. The third-order valence-electron chi connectivity index (χ3n) is 2.09. The maximum Gasteiger partial charge on any atom is 0.277 e. The highest BCUT2D eigenvalue weighted by Crippen LogP contribution is 1.94. The Kier molecular flexibility index (Phi) is 3.60. The number of aromatic nitrogens is 2. The van der Waals surface area contributed by atoms with Crippen LogP contribution in [0.5, 0.6) is 0 Å². The molecule has 0 aliphatic carbocycles. The summed E-state index contributed by atoms with van der Waals surface area (Å²) in [6.07, 6.45) is 5.52. The van der Waals surface area contributed by atoms with E-state index < -0.39 is 5.91 Å². The van der Waals surface area contributed by atoms with E-state index in [9.17, 15) is 10.0 Å². The lowest BCUT2D eigenvalue weighted by atomic mass is 10.3. The summed E-state index contributed by atoms with van der Waals surface area (Å²) in [5.74, 6) is -0.451. The molecule has 2 aromatic heterocycles. The Bertz CT molecular complexity index is 569. The molecule has 2 aromatic rings. The van der Waals surface area contributed by atoms with Crippen molar-refractivity contribution in [3.05, 3.63) is 65.4 Å². The molecule has 0 atom stereocenters. The second-order valence-corrected chi connectivity index (χ2v) is 3.41. The van der Waals surface area contributed by atoms with Gasteiger partial charge in [0.05, 0.1) is 11.9 Å². The minimum Gasteiger partial charge on any atom is -0.619 e. The van der Waals surface area contributed by atoms with Gasteiger partial charge in [-0.15, -0.1) is 0 Å². The smallest absolute Gasteiger partial charge is 0.277 e. The van der Waals surface area contributed by atoms with Crippen molar-refractivity contribution in [3.8, 4) is 0 Å². The first-order valence-electron chi connectivity index (χ1n) is 5.19. The minimum absolute atomic E-state index is 0.241. The topological polar surface area (TPSA) is 81.3 Å². The molecule has 0 saturated heterocycles. The van der Waals surface area contributed by atoms with Crippen LogP contribution in [0.3, 0.4) is 0 Å². The summed E-state index contributed by atoms with van der Waals surface area (Å²) in [7, 11) is 0. The second-order valence-electron chi connectivity index (χ2n) is 3.41. The highest BCUT2D eigenvalue weighted by molar-refractivity contribution is 5.94. The third kappa shape index (κ3) is 3.11. The van der Waals surface area contributed by atoms with Gasteiger partial charge in [0, 0.05) is 12.3 Å². The van der Waals surface area contributed by atoms with Crippen molar-refractivity contribution < 1.29 is 9.52 Å². The first-order valence-corrected chi connectivity index (χ1v) is 5.19. The molecule has 1 N–H and O–H groups in total. The molecule has 1 amide bonds. The maximum absolute atomic E-state index is 11.6. The van der Waals surface area contributed by atoms with Gasteiger partial charge in [-0.25, -0.2) is 5.43 Å². The molecular formula is C12H10N4O2. The van der Waals surface area contributed by atoms with Crippen molar-refractivity contribution in [3.63, 3.8) is 0 Å². The molecule has 0 aliphatic rings. The van der Waals surface area contributed by atoms with Crippen LogP contribution < -0.4 is 10.2 Å². The predicted molar refractivity (Wildman–Crippen MR) is 64.7 cm³/mol. The number of amides is 1. The molecule has 0 aliphatic heterocycles. The van der Waals surface area contributed by atoms with E-state index >= 15 is 0 Å². The van der Waals surface area contributed by atoms with Gasteiger partial charge in [-0.2, -0.15) is 9.83 Å². The first kappa shape index (κ1) is 11.7. The van der Waals surface area contributed by atoms with Crippen LogP contribution in [0.1, 0.15) is 16.1 Å². The predicted octanol–water partition coefficient (Wildman–Crippen LogP) is 0.479. The average Bonchev–Trinajstić information content (AvgIpc) is 2.40. The lowest BCUT2D eigenvalue weighted by Crippen LogP contribution is -2.28. The van der Waals surface area contributed by atoms with Crippen LogP contribution in [0.2, 0.25) is 0 Å². The summed E-state index contributed by atoms with van der Waals surface area (Å²) >= 11 is 0. The van der Waals surface area contributed by atoms with Gasteiger partial charge >= 0.3 is 0 Å². The monoisotopic (exact) mass is 242 g/mol. The van der Waals surface area contributed by atoms with Crippen LogP contribution in [0.25, 0.3) is 0 Å². The van der Waals surface area contributed by atoms with E-state index in [-0.39, 0.29) is 5.56 Å². The van der Waals surface area contributed by atoms with Gasteiger partial charge in [-0.3, -0.25) is 9.78 Å². The fourth-order valence-corrected chi connectivity index (χ4v) is 1.26. The van der Waals surface area contributed by atoms with Crippen molar-refractivity contribution in [2.45, 2.75) is 0 Å². The molecule has 18 heavy (non-hydrogen) atoms. The van der Waals surface area contributed by atoms with Crippen LogP contribution in [-0.2, 0) is 0 Å². The van der Waals surface area contributed by atoms with E-state index in [2.05, 4.69) is 15.5 Å². The molecule has 0 radical (unpaired) electrons. The molecular weight excluding hydrogens is 232 g/mol. The van der Waals surface area contributed by atoms with Crippen LogP contribution in [-0.4, -0.2) is 17.1 Å². The highest BCUT2D eigenvalue weighted by atomic mass is 16.5. The summed E-state index contributed by atoms with van der Waals surface area (Å²) in [5.41, 5.74) is 3.18. The van der Waals surface area contributed by atoms with Gasteiger partial charge < -0.3 is 5.21 Å². The Morgan fingerprint density at radius 3 is 3.00 bits per heavy atom. The van der Waals surface area contributed by atoms with Crippen LogP contribution in [0.4, 0.5) is 0 Å². The SMILES string of the molecule is O=C(N/N=C/c1ccccn1)c1ccc[n+]([O-])c1. The van der Waals surface area contributed by atoms with Gasteiger partial charge in [0.15, 0.2) is 12.4 Å². The second kappa shape index (κ2) is 5.53.